The Morgan fingerprint density at radius 1 is 1.39 bits per heavy atom. The molecule has 0 radical (unpaired) electrons. The topological polar surface area (TPSA) is 115 Å². The number of imide groups is 1. The molecule has 1 aliphatic carbocycles. The smallest absolute Gasteiger partial charge is 0.326 e. The zero-order valence-electron chi connectivity index (χ0n) is 15.5. The second-order valence-electron chi connectivity index (χ2n) is 7.26. The number of nitrogens with zero attached hydrogens (tertiary/aromatic N) is 2. The van der Waals surface area contributed by atoms with Gasteiger partial charge in [0.05, 0.1) is 6.26 Å². The van der Waals surface area contributed by atoms with Crippen molar-refractivity contribution in [2.75, 3.05) is 6.54 Å². The molecule has 9 nitrogen and oxygen atoms in total. The second kappa shape index (κ2) is 7.14. The fourth-order valence-corrected chi connectivity index (χ4v) is 3.88. The van der Waals surface area contributed by atoms with Crippen LogP contribution in [0, 0.1) is 5.92 Å². The van der Waals surface area contributed by atoms with Crippen LogP contribution in [0.5, 0.6) is 0 Å². The lowest BCUT2D eigenvalue weighted by atomic mass is 9.73. The van der Waals surface area contributed by atoms with E-state index in [1.54, 1.807) is 18.2 Å². The van der Waals surface area contributed by atoms with E-state index >= 15 is 0 Å². The van der Waals surface area contributed by atoms with Crippen LogP contribution in [-0.2, 0) is 20.9 Å². The van der Waals surface area contributed by atoms with Gasteiger partial charge in [0.15, 0.2) is 5.76 Å². The summed E-state index contributed by atoms with van der Waals surface area (Å²) in [4.78, 5) is 38.3. The van der Waals surface area contributed by atoms with Crippen molar-refractivity contribution in [2.24, 2.45) is 5.92 Å². The summed E-state index contributed by atoms with van der Waals surface area (Å²) in [7, 11) is 0. The zero-order valence-corrected chi connectivity index (χ0v) is 15.5. The highest BCUT2D eigenvalue weighted by Gasteiger charge is 2.55. The number of urea groups is 1. The van der Waals surface area contributed by atoms with E-state index in [-0.39, 0.29) is 18.4 Å². The van der Waals surface area contributed by atoms with Crippen molar-refractivity contribution < 1.29 is 28.1 Å². The van der Waals surface area contributed by atoms with Gasteiger partial charge in [0.25, 0.3) is 5.91 Å². The highest BCUT2D eigenvalue weighted by molar-refractivity contribution is 6.08. The fraction of sp³-hybridized carbons (Fsp3) is 0.474. The third kappa shape index (κ3) is 3.17. The van der Waals surface area contributed by atoms with Crippen LogP contribution in [0.25, 0.3) is 11.5 Å². The van der Waals surface area contributed by atoms with Gasteiger partial charge >= 0.3 is 12.0 Å². The third-order valence-electron chi connectivity index (χ3n) is 5.49. The van der Waals surface area contributed by atoms with Crippen LogP contribution in [0.4, 0.5) is 4.79 Å². The number of nitrogens with one attached hydrogen (secondary N) is 1. The van der Waals surface area contributed by atoms with E-state index in [0.29, 0.717) is 23.6 Å². The molecule has 1 saturated heterocycles. The van der Waals surface area contributed by atoms with Crippen LogP contribution in [0.3, 0.4) is 0 Å². The van der Waals surface area contributed by atoms with Crippen molar-refractivity contribution in [1.29, 1.82) is 0 Å². The second-order valence-corrected chi connectivity index (χ2v) is 7.26. The van der Waals surface area contributed by atoms with E-state index in [2.05, 4.69) is 10.5 Å². The number of carbonyl (C=O) groups is 3. The number of hydrogen-bond donors (Lipinski definition) is 1. The molecule has 1 saturated carbocycles. The van der Waals surface area contributed by atoms with Gasteiger partial charge in [0, 0.05) is 6.07 Å². The molecule has 148 valence electrons. The average Bonchev–Trinajstić information content (AvgIpc) is 3.40. The normalized spacial score (nSPS) is 24.6. The van der Waals surface area contributed by atoms with E-state index in [1.807, 2.05) is 6.92 Å². The van der Waals surface area contributed by atoms with Gasteiger partial charge in [-0.15, -0.1) is 0 Å². The largest absolute Gasteiger partial charge is 0.461 e. The summed E-state index contributed by atoms with van der Waals surface area (Å²) >= 11 is 0. The Morgan fingerprint density at radius 3 is 3.00 bits per heavy atom. The summed E-state index contributed by atoms with van der Waals surface area (Å²) in [6.45, 7) is 1.40. The molecule has 2 aliphatic rings. The highest BCUT2D eigenvalue weighted by Crippen LogP contribution is 2.38. The standard InChI is InChI=1S/C19H21N3O6/c1-12-5-2-3-7-19(12)17(24)22(18(25)20-19)10-16(23)27-11-13-9-15(28-21-13)14-6-4-8-26-14/h4,6,8-9,12H,2-3,5,7,10-11H2,1H3,(H,20,25)/t12-,19+/m1/s1. The quantitative estimate of drug-likeness (QED) is 0.619. The van der Waals surface area contributed by atoms with Crippen molar-refractivity contribution in [3.63, 3.8) is 0 Å². The number of rotatable bonds is 5. The molecule has 0 bridgehead atoms. The molecular weight excluding hydrogens is 366 g/mol. The molecule has 2 atom stereocenters. The van der Waals surface area contributed by atoms with E-state index in [4.69, 9.17) is 13.7 Å². The first-order valence-electron chi connectivity index (χ1n) is 9.29. The maximum Gasteiger partial charge on any atom is 0.326 e. The predicted octanol–water partition coefficient (Wildman–Crippen LogP) is 2.48. The first-order valence-corrected chi connectivity index (χ1v) is 9.29. The van der Waals surface area contributed by atoms with Gasteiger partial charge < -0.3 is 19.0 Å². The summed E-state index contributed by atoms with van der Waals surface area (Å²) in [5.74, 6) is -0.0710. The SMILES string of the molecule is C[C@@H]1CCCC[C@]12NC(=O)N(CC(=O)OCc1cc(-c3ccco3)on1)C2=O. The molecule has 2 fully saturated rings. The molecular formula is C19H21N3O6. The third-order valence-corrected chi connectivity index (χ3v) is 5.49. The summed E-state index contributed by atoms with van der Waals surface area (Å²) in [6.07, 6.45) is 4.88. The summed E-state index contributed by atoms with van der Waals surface area (Å²) < 4.78 is 15.5. The molecule has 3 heterocycles. The maximum atomic E-state index is 12.8. The molecule has 9 heteroatoms. The number of amides is 3. The van der Waals surface area contributed by atoms with Crippen molar-refractivity contribution in [3.8, 4) is 11.5 Å². The van der Waals surface area contributed by atoms with Crippen LogP contribution in [-0.4, -0.2) is 40.0 Å². The van der Waals surface area contributed by atoms with E-state index in [1.165, 1.54) is 6.26 Å². The Bertz CT molecular complexity index is 889. The van der Waals surface area contributed by atoms with E-state index < -0.39 is 24.1 Å². The van der Waals surface area contributed by atoms with Gasteiger partial charge in [-0.1, -0.05) is 24.9 Å². The van der Waals surface area contributed by atoms with Crippen molar-refractivity contribution >= 4 is 17.9 Å². The predicted molar refractivity (Wildman–Crippen MR) is 94.6 cm³/mol. The molecule has 3 amide bonds. The molecule has 4 rings (SSSR count). The molecule has 2 aromatic rings. The molecule has 1 spiro atoms. The van der Waals surface area contributed by atoms with Crippen molar-refractivity contribution in [1.82, 2.24) is 15.4 Å². The van der Waals surface area contributed by atoms with E-state index in [0.717, 1.165) is 24.2 Å². The number of aromatic nitrogens is 1. The van der Waals surface area contributed by atoms with Crippen molar-refractivity contribution in [2.45, 2.75) is 44.8 Å². The first kappa shape index (κ1) is 18.3. The molecule has 28 heavy (non-hydrogen) atoms. The fourth-order valence-electron chi connectivity index (χ4n) is 3.88. The van der Waals surface area contributed by atoms with Crippen LogP contribution in [0.2, 0.25) is 0 Å². The van der Waals surface area contributed by atoms with Gasteiger partial charge in [0.1, 0.15) is 24.4 Å². The molecule has 0 unspecified atom stereocenters. The van der Waals surface area contributed by atoms with Crippen molar-refractivity contribution in [3.05, 3.63) is 30.2 Å². The Labute approximate surface area is 161 Å². The number of furan rings is 1. The zero-order chi connectivity index (χ0) is 19.7. The number of ether oxygens (including phenoxy) is 1. The van der Waals surface area contributed by atoms with E-state index in [9.17, 15) is 14.4 Å². The minimum absolute atomic E-state index is 0.0360. The summed E-state index contributed by atoms with van der Waals surface area (Å²) in [5.41, 5.74) is -0.492. The first-order chi connectivity index (χ1) is 13.5. The summed E-state index contributed by atoms with van der Waals surface area (Å²) in [6, 6.07) is 4.49. The van der Waals surface area contributed by atoms with Gasteiger partial charge in [-0.05, 0) is 30.9 Å². The minimum atomic E-state index is -0.889. The number of carbonyl (C=O) groups excluding carboxylic acids is 3. The Hall–Kier alpha value is -3.10. The molecule has 2 aromatic heterocycles. The van der Waals surface area contributed by atoms with Crippen LogP contribution >= 0.6 is 0 Å². The molecule has 1 aliphatic heterocycles. The maximum absolute atomic E-state index is 12.8. The Morgan fingerprint density at radius 2 is 2.25 bits per heavy atom. The van der Waals surface area contributed by atoms with Gasteiger partial charge in [0.2, 0.25) is 5.76 Å². The summed E-state index contributed by atoms with van der Waals surface area (Å²) in [5, 5.41) is 6.62. The van der Waals surface area contributed by atoms with Gasteiger partial charge in [-0.25, -0.2) is 4.79 Å². The lowest BCUT2D eigenvalue weighted by Crippen LogP contribution is -2.54. The van der Waals surface area contributed by atoms with Gasteiger partial charge in [-0.2, -0.15) is 0 Å². The highest BCUT2D eigenvalue weighted by atomic mass is 16.5. The minimum Gasteiger partial charge on any atom is -0.461 e. The van der Waals surface area contributed by atoms with Crippen LogP contribution in [0.15, 0.2) is 33.4 Å². The number of esters is 1. The molecule has 0 aromatic carbocycles. The lowest BCUT2D eigenvalue weighted by molar-refractivity contribution is -0.149. The monoisotopic (exact) mass is 387 g/mol. The van der Waals surface area contributed by atoms with Crippen LogP contribution < -0.4 is 5.32 Å². The average molecular weight is 387 g/mol. The number of hydrogen-bond acceptors (Lipinski definition) is 7. The van der Waals surface area contributed by atoms with Crippen LogP contribution in [0.1, 0.15) is 38.3 Å². The Balaban J connectivity index is 1.35. The Kier molecular flexibility index (Phi) is 4.66. The van der Waals surface area contributed by atoms with Gasteiger partial charge in [-0.3, -0.25) is 14.5 Å². The lowest BCUT2D eigenvalue weighted by Gasteiger charge is -2.36. The molecule has 1 N–H and O–H groups in total.